The topological polar surface area (TPSA) is 40.6 Å². The van der Waals surface area contributed by atoms with Crippen molar-refractivity contribution >= 4 is 11.8 Å². The molecule has 0 aliphatic carbocycles. The fraction of sp³-hybridized carbons (Fsp3) is 0.556. The van der Waals surface area contributed by atoms with Gasteiger partial charge in [0.1, 0.15) is 11.9 Å². The van der Waals surface area contributed by atoms with Crippen LogP contribution in [0.1, 0.15) is 43.0 Å². The number of likely N-dealkylation sites (tertiary alicyclic amines) is 2. The highest BCUT2D eigenvalue weighted by Crippen LogP contribution is 2.24. The average molecular weight is 318 g/mol. The minimum atomic E-state index is -0.428. The number of carbonyl (C=O) groups is 2. The summed E-state index contributed by atoms with van der Waals surface area (Å²) in [6, 6.07) is 5.30. The number of nitrogens with zero attached hydrogens (tertiary/aromatic N) is 2. The summed E-state index contributed by atoms with van der Waals surface area (Å²) in [7, 11) is 0. The molecule has 1 aromatic rings. The van der Waals surface area contributed by atoms with Gasteiger partial charge < -0.3 is 9.80 Å². The molecule has 2 amide bonds. The second kappa shape index (κ2) is 6.69. The molecule has 2 aliphatic heterocycles. The largest absolute Gasteiger partial charge is 0.341 e. The van der Waals surface area contributed by atoms with Crippen molar-refractivity contribution < 1.29 is 14.0 Å². The van der Waals surface area contributed by atoms with E-state index in [4.69, 9.17) is 0 Å². The molecule has 2 heterocycles. The SMILES string of the molecule is CC1CCN(C(=O)[C@@H]2CCCN2C(=O)c2cccc(F)c2)CC1. The van der Waals surface area contributed by atoms with Gasteiger partial charge in [0.05, 0.1) is 0 Å². The first-order valence-electron chi connectivity index (χ1n) is 8.41. The van der Waals surface area contributed by atoms with Crippen LogP contribution in [0.5, 0.6) is 0 Å². The van der Waals surface area contributed by atoms with Gasteiger partial charge in [-0.05, 0) is 49.8 Å². The summed E-state index contributed by atoms with van der Waals surface area (Å²) in [5.74, 6) is 0.0421. The van der Waals surface area contributed by atoms with Gasteiger partial charge in [0, 0.05) is 25.2 Å². The normalized spacial score (nSPS) is 22.4. The van der Waals surface area contributed by atoms with Crippen LogP contribution in [0.25, 0.3) is 0 Å². The van der Waals surface area contributed by atoms with Crippen LogP contribution in [0.15, 0.2) is 24.3 Å². The smallest absolute Gasteiger partial charge is 0.254 e. The fourth-order valence-corrected chi connectivity index (χ4v) is 3.49. The number of rotatable bonds is 2. The standard InChI is InChI=1S/C18H23FN2O2/c1-13-7-10-20(11-8-13)18(23)16-6-3-9-21(16)17(22)14-4-2-5-15(19)12-14/h2,4-5,12-13,16H,3,6-11H2,1H3/t16-/m0/s1. The Morgan fingerprint density at radius 2 is 1.87 bits per heavy atom. The summed E-state index contributed by atoms with van der Waals surface area (Å²) < 4.78 is 13.4. The Labute approximate surface area is 136 Å². The van der Waals surface area contributed by atoms with Crippen LogP contribution in [-0.4, -0.2) is 47.3 Å². The Morgan fingerprint density at radius 1 is 1.13 bits per heavy atom. The number of benzene rings is 1. The van der Waals surface area contributed by atoms with Gasteiger partial charge in [-0.15, -0.1) is 0 Å². The highest BCUT2D eigenvalue weighted by atomic mass is 19.1. The summed E-state index contributed by atoms with van der Waals surface area (Å²) >= 11 is 0. The van der Waals surface area contributed by atoms with Crippen molar-refractivity contribution in [3.05, 3.63) is 35.6 Å². The Morgan fingerprint density at radius 3 is 2.57 bits per heavy atom. The van der Waals surface area contributed by atoms with Crippen LogP contribution in [-0.2, 0) is 4.79 Å². The third kappa shape index (κ3) is 3.38. The first-order chi connectivity index (χ1) is 11.1. The van der Waals surface area contributed by atoms with E-state index in [1.165, 1.54) is 18.2 Å². The van der Waals surface area contributed by atoms with Crippen LogP contribution in [0.2, 0.25) is 0 Å². The van der Waals surface area contributed by atoms with Gasteiger partial charge in [0.25, 0.3) is 5.91 Å². The first kappa shape index (κ1) is 16.0. The molecule has 3 rings (SSSR count). The molecule has 0 saturated carbocycles. The van der Waals surface area contributed by atoms with Crippen molar-refractivity contribution in [2.75, 3.05) is 19.6 Å². The molecule has 1 aromatic carbocycles. The molecule has 23 heavy (non-hydrogen) atoms. The highest BCUT2D eigenvalue weighted by molar-refractivity contribution is 5.98. The predicted octanol–water partition coefficient (Wildman–Crippen LogP) is 2.69. The summed E-state index contributed by atoms with van der Waals surface area (Å²) in [6.07, 6.45) is 3.57. The lowest BCUT2D eigenvalue weighted by Crippen LogP contribution is -2.49. The molecule has 0 bridgehead atoms. The maximum atomic E-state index is 13.4. The zero-order chi connectivity index (χ0) is 16.4. The second-order valence-corrected chi connectivity index (χ2v) is 6.67. The molecule has 5 heteroatoms. The first-order valence-corrected chi connectivity index (χ1v) is 8.41. The second-order valence-electron chi connectivity index (χ2n) is 6.67. The molecular weight excluding hydrogens is 295 g/mol. The molecule has 0 radical (unpaired) electrons. The zero-order valence-electron chi connectivity index (χ0n) is 13.5. The van der Waals surface area contributed by atoms with Crippen LogP contribution in [0, 0.1) is 11.7 Å². The van der Waals surface area contributed by atoms with Gasteiger partial charge in [-0.3, -0.25) is 9.59 Å². The highest BCUT2D eigenvalue weighted by Gasteiger charge is 2.37. The van der Waals surface area contributed by atoms with Crippen LogP contribution >= 0.6 is 0 Å². The van der Waals surface area contributed by atoms with Gasteiger partial charge in [-0.25, -0.2) is 4.39 Å². The maximum absolute atomic E-state index is 13.4. The third-order valence-corrected chi connectivity index (χ3v) is 4.97. The van der Waals surface area contributed by atoms with Crippen LogP contribution in [0.3, 0.4) is 0 Å². The summed E-state index contributed by atoms with van der Waals surface area (Å²) in [5, 5.41) is 0. The predicted molar refractivity (Wildman–Crippen MR) is 85.4 cm³/mol. The molecular formula is C18H23FN2O2. The van der Waals surface area contributed by atoms with E-state index in [9.17, 15) is 14.0 Å². The molecule has 0 spiro atoms. The number of hydrogen-bond acceptors (Lipinski definition) is 2. The van der Waals surface area contributed by atoms with Crippen LogP contribution in [0.4, 0.5) is 4.39 Å². The minimum Gasteiger partial charge on any atom is -0.341 e. The van der Waals surface area contributed by atoms with E-state index in [1.54, 1.807) is 11.0 Å². The van der Waals surface area contributed by atoms with Crippen molar-refractivity contribution in [2.45, 2.75) is 38.6 Å². The van der Waals surface area contributed by atoms with E-state index in [0.29, 0.717) is 24.4 Å². The van der Waals surface area contributed by atoms with Gasteiger partial charge in [0.2, 0.25) is 5.91 Å². The van der Waals surface area contributed by atoms with Crippen molar-refractivity contribution in [3.63, 3.8) is 0 Å². The molecule has 1 atom stereocenters. The lowest BCUT2D eigenvalue weighted by atomic mass is 9.98. The van der Waals surface area contributed by atoms with E-state index in [-0.39, 0.29) is 17.9 Å². The van der Waals surface area contributed by atoms with E-state index < -0.39 is 5.82 Å². The van der Waals surface area contributed by atoms with Gasteiger partial charge in [-0.1, -0.05) is 13.0 Å². The molecule has 2 fully saturated rings. The number of carbonyl (C=O) groups excluding carboxylic acids is 2. The molecule has 124 valence electrons. The molecule has 2 saturated heterocycles. The Kier molecular flexibility index (Phi) is 4.64. The lowest BCUT2D eigenvalue weighted by molar-refractivity contribution is -0.136. The molecule has 4 nitrogen and oxygen atoms in total. The van der Waals surface area contributed by atoms with Crippen molar-refractivity contribution in [3.8, 4) is 0 Å². The van der Waals surface area contributed by atoms with Crippen molar-refractivity contribution in [1.29, 1.82) is 0 Å². The third-order valence-electron chi connectivity index (χ3n) is 4.97. The summed E-state index contributed by atoms with van der Waals surface area (Å²) in [5.41, 5.74) is 0.317. The molecule has 0 aromatic heterocycles. The maximum Gasteiger partial charge on any atom is 0.254 e. The Hall–Kier alpha value is -1.91. The van der Waals surface area contributed by atoms with Gasteiger partial charge >= 0.3 is 0 Å². The van der Waals surface area contributed by atoms with Crippen molar-refractivity contribution in [1.82, 2.24) is 9.80 Å². The Balaban J connectivity index is 1.72. The minimum absolute atomic E-state index is 0.0548. The number of piperidine rings is 1. The number of amides is 2. The van der Waals surface area contributed by atoms with Gasteiger partial charge in [-0.2, -0.15) is 0 Å². The van der Waals surface area contributed by atoms with Gasteiger partial charge in [0.15, 0.2) is 0 Å². The monoisotopic (exact) mass is 318 g/mol. The molecule has 2 aliphatic rings. The number of hydrogen-bond donors (Lipinski definition) is 0. The summed E-state index contributed by atoms with van der Waals surface area (Å²) in [6.45, 7) is 4.32. The van der Waals surface area contributed by atoms with Crippen LogP contribution < -0.4 is 0 Å². The lowest BCUT2D eigenvalue weighted by Gasteiger charge is -2.34. The van der Waals surface area contributed by atoms with E-state index in [1.807, 2.05) is 4.90 Å². The summed E-state index contributed by atoms with van der Waals surface area (Å²) in [4.78, 5) is 28.9. The average Bonchev–Trinajstić information content (AvgIpc) is 3.03. The molecule has 0 N–H and O–H groups in total. The van der Waals surface area contributed by atoms with Crippen molar-refractivity contribution in [2.24, 2.45) is 5.92 Å². The number of halogens is 1. The fourth-order valence-electron chi connectivity index (χ4n) is 3.49. The van der Waals surface area contributed by atoms with E-state index >= 15 is 0 Å². The zero-order valence-corrected chi connectivity index (χ0v) is 13.5. The quantitative estimate of drug-likeness (QED) is 0.841. The van der Waals surface area contributed by atoms with E-state index in [2.05, 4.69) is 6.92 Å². The Bertz CT molecular complexity index is 596. The van der Waals surface area contributed by atoms with E-state index in [0.717, 1.165) is 32.4 Å². The molecule has 0 unspecified atom stereocenters.